The Balaban J connectivity index is 1.50. The lowest BCUT2D eigenvalue weighted by atomic mass is 9.87. The highest BCUT2D eigenvalue weighted by Crippen LogP contribution is 2.32. The molecule has 9 heteroatoms. The van der Waals surface area contributed by atoms with Gasteiger partial charge in [0.1, 0.15) is 11.4 Å². The number of β-amino-alcohol motifs (C(OH)–C–C–N with tert-alkyl or cyclic N) is 1. The van der Waals surface area contributed by atoms with Gasteiger partial charge in [0.05, 0.1) is 12.4 Å². The number of piperidine rings is 1. The second kappa shape index (κ2) is 6.56. The second-order valence-corrected chi connectivity index (χ2v) is 6.90. The number of imidazole rings is 1. The van der Waals surface area contributed by atoms with Crippen LogP contribution in [0.4, 0.5) is 11.8 Å². The minimum Gasteiger partial charge on any atom is -0.479 e. The summed E-state index contributed by atoms with van der Waals surface area (Å²) in [4.78, 5) is 29.0. The van der Waals surface area contributed by atoms with Crippen molar-refractivity contribution in [1.82, 2.24) is 19.5 Å². The molecular formula is C17H22N6O3. The number of hydrogen-bond donors (Lipinski definition) is 2. The van der Waals surface area contributed by atoms with Crippen LogP contribution in [0.15, 0.2) is 31.0 Å². The zero-order chi connectivity index (χ0) is 18.1. The van der Waals surface area contributed by atoms with Crippen LogP contribution in [0, 0.1) is 0 Å². The number of hydrogen-bond acceptors (Lipinski definition) is 7. The van der Waals surface area contributed by atoms with Crippen molar-refractivity contribution in [2.24, 2.45) is 0 Å². The van der Waals surface area contributed by atoms with Crippen LogP contribution in [-0.4, -0.2) is 68.0 Å². The number of aromatic nitrogens is 4. The first kappa shape index (κ1) is 16.8. The lowest BCUT2D eigenvalue weighted by Gasteiger charge is -2.39. The van der Waals surface area contributed by atoms with Crippen LogP contribution in [0.25, 0.3) is 0 Å². The maximum absolute atomic E-state index is 11.9. The Morgan fingerprint density at radius 2 is 2.00 bits per heavy atom. The third-order valence-corrected chi connectivity index (χ3v) is 5.39. The molecule has 0 spiro atoms. The average molecular weight is 358 g/mol. The molecule has 2 N–H and O–H groups in total. The molecule has 138 valence electrons. The molecule has 9 nitrogen and oxygen atoms in total. The van der Waals surface area contributed by atoms with E-state index in [0.29, 0.717) is 38.4 Å². The smallest absolute Gasteiger partial charge is 0.330 e. The molecule has 0 bridgehead atoms. The van der Waals surface area contributed by atoms with E-state index in [0.717, 1.165) is 18.8 Å². The van der Waals surface area contributed by atoms with Gasteiger partial charge in [-0.15, -0.1) is 0 Å². The number of aliphatic hydroxyl groups excluding tert-OH is 1. The van der Waals surface area contributed by atoms with E-state index in [9.17, 15) is 15.0 Å². The van der Waals surface area contributed by atoms with Crippen LogP contribution in [0.3, 0.4) is 0 Å². The highest BCUT2D eigenvalue weighted by molar-refractivity contribution is 5.77. The molecular weight excluding hydrogens is 336 g/mol. The Hall–Kier alpha value is -2.68. The first-order chi connectivity index (χ1) is 12.6. The maximum atomic E-state index is 11.9. The van der Waals surface area contributed by atoms with Gasteiger partial charge in [-0.3, -0.25) is 0 Å². The molecule has 1 unspecified atom stereocenters. The van der Waals surface area contributed by atoms with Crippen molar-refractivity contribution in [3.63, 3.8) is 0 Å². The van der Waals surface area contributed by atoms with Crippen LogP contribution < -0.4 is 9.80 Å². The molecule has 2 aliphatic heterocycles. The Kier molecular flexibility index (Phi) is 4.23. The van der Waals surface area contributed by atoms with Gasteiger partial charge in [-0.1, -0.05) is 0 Å². The summed E-state index contributed by atoms with van der Waals surface area (Å²) in [7, 11) is 0. The van der Waals surface area contributed by atoms with Crippen LogP contribution in [0.1, 0.15) is 19.3 Å². The molecule has 2 aromatic heterocycles. The first-order valence-corrected chi connectivity index (χ1v) is 8.81. The Morgan fingerprint density at radius 1 is 1.19 bits per heavy atom. The lowest BCUT2D eigenvalue weighted by Crippen LogP contribution is -2.51. The van der Waals surface area contributed by atoms with Crippen LogP contribution in [0.5, 0.6) is 0 Å². The molecule has 26 heavy (non-hydrogen) atoms. The highest BCUT2D eigenvalue weighted by Gasteiger charge is 2.43. The number of nitrogens with zero attached hydrogens (tertiary/aromatic N) is 6. The fourth-order valence-corrected chi connectivity index (χ4v) is 3.79. The van der Waals surface area contributed by atoms with E-state index in [1.165, 1.54) is 0 Å². The molecule has 0 radical (unpaired) electrons. The van der Waals surface area contributed by atoms with E-state index in [1.54, 1.807) is 29.5 Å². The molecule has 2 saturated heterocycles. The predicted molar refractivity (Wildman–Crippen MR) is 94.2 cm³/mol. The summed E-state index contributed by atoms with van der Waals surface area (Å²) in [6.07, 6.45) is 7.94. The minimum absolute atomic E-state index is 0.310. The zero-order valence-electron chi connectivity index (χ0n) is 14.4. The molecule has 4 heterocycles. The number of rotatable bonds is 4. The van der Waals surface area contributed by atoms with Crippen molar-refractivity contribution in [2.45, 2.75) is 30.9 Å². The summed E-state index contributed by atoms with van der Waals surface area (Å²) in [6, 6.07) is 1.85. The third kappa shape index (κ3) is 2.88. The van der Waals surface area contributed by atoms with Gasteiger partial charge in [0.15, 0.2) is 0 Å². The van der Waals surface area contributed by atoms with E-state index < -0.39 is 11.5 Å². The van der Waals surface area contributed by atoms with E-state index in [-0.39, 0.29) is 6.10 Å². The normalized spacial score (nSPS) is 22.6. The van der Waals surface area contributed by atoms with Crippen molar-refractivity contribution >= 4 is 17.7 Å². The summed E-state index contributed by atoms with van der Waals surface area (Å²) in [5.41, 5.74) is -0.969. The van der Waals surface area contributed by atoms with Crippen LogP contribution in [0.2, 0.25) is 0 Å². The first-order valence-electron chi connectivity index (χ1n) is 8.81. The SMILES string of the molecule is O=C(O)C1(n2ccnc2)CCN(c2nccc(N3CCC(O)C3)n2)CC1. The number of carboxylic acid groups (broad SMARTS) is 1. The number of aliphatic hydroxyl groups is 1. The monoisotopic (exact) mass is 358 g/mol. The zero-order valence-corrected chi connectivity index (χ0v) is 14.4. The van der Waals surface area contributed by atoms with Crippen molar-refractivity contribution < 1.29 is 15.0 Å². The third-order valence-electron chi connectivity index (χ3n) is 5.39. The number of aliphatic carboxylic acids is 1. The number of carbonyl (C=O) groups is 1. The quantitative estimate of drug-likeness (QED) is 0.805. The van der Waals surface area contributed by atoms with Crippen molar-refractivity contribution in [3.05, 3.63) is 31.0 Å². The molecule has 0 amide bonds. The van der Waals surface area contributed by atoms with Crippen molar-refractivity contribution in [2.75, 3.05) is 36.0 Å². The van der Waals surface area contributed by atoms with Gasteiger partial charge in [0, 0.05) is 44.8 Å². The van der Waals surface area contributed by atoms with Gasteiger partial charge in [0.2, 0.25) is 5.95 Å². The molecule has 4 rings (SSSR count). The highest BCUT2D eigenvalue weighted by atomic mass is 16.4. The molecule has 2 aromatic rings. The van der Waals surface area contributed by atoms with Crippen LogP contribution >= 0.6 is 0 Å². The van der Waals surface area contributed by atoms with E-state index in [2.05, 4.69) is 15.0 Å². The van der Waals surface area contributed by atoms with Gasteiger partial charge in [0.25, 0.3) is 0 Å². The summed E-state index contributed by atoms with van der Waals surface area (Å²) in [5, 5.41) is 19.5. The van der Waals surface area contributed by atoms with Gasteiger partial charge < -0.3 is 24.6 Å². The molecule has 0 aliphatic carbocycles. The maximum Gasteiger partial charge on any atom is 0.330 e. The van der Waals surface area contributed by atoms with Gasteiger partial charge >= 0.3 is 5.97 Å². The summed E-state index contributed by atoms with van der Waals surface area (Å²) < 4.78 is 1.69. The predicted octanol–water partition coefficient (Wildman–Crippen LogP) is 0.324. The van der Waals surface area contributed by atoms with E-state index in [4.69, 9.17) is 0 Å². The summed E-state index contributed by atoms with van der Waals surface area (Å²) >= 11 is 0. The lowest BCUT2D eigenvalue weighted by molar-refractivity contribution is -0.148. The molecule has 2 fully saturated rings. The molecule has 1 atom stereocenters. The molecule has 0 saturated carbocycles. The van der Waals surface area contributed by atoms with Crippen molar-refractivity contribution in [3.8, 4) is 0 Å². The summed E-state index contributed by atoms with van der Waals surface area (Å²) in [6.45, 7) is 2.46. The Bertz CT molecular complexity index is 773. The Morgan fingerprint density at radius 3 is 2.62 bits per heavy atom. The van der Waals surface area contributed by atoms with Crippen LogP contribution in [-0.2, 0) is 10.3 Å². The second-order valence-electron chi connectivity index (χ2n) is 6.90. The molecule has 0 aromatic carbocycles. The van der Waals surface area contributed by atoms with Gasteiger partial charge in [-0.25, -0.2) is 14.8 Å². The van der Waals surface area contributed by atoms with E-state index >= 15 is 0 Å². The molecule has 2 aliphatic rings. The average Bonchev–Trinajstić information content (AvgIpc) is 3.34. The summed E-state index contributed by atoms with van der Waals surface area (Å²) in [5.74, 6) is 0.570. The fraction of sp³-hybridized carbons (Fsp3) is 0.529. The van der Waals surface area contributed by atoms with E-state index in [1.807, 2.05) is 15.9 Å². The van der Waals surface area contributed by atoms with Gasteiger partial charge in [-0.2, -0.15) is 4.98 Å². The fourth-order valence-electron chi connectivity index (χ4n) is 3.79. The number of anilines is 2. The standard InChI is InChI=1S/C17H22N6O3/c24-13-2-7-22(11-13)14-1-5-19-16(20-14)21-8-3-17(4-9-21,15(25)26)23-10-6-18-12-23/h1,5-6,10,12-13,24H,2-4,7-9,11H2,(H,25,26). The largest absolute Gasteiger partial charge is 0.479 e. The van der Waals surface area contributed by atoms with Crippen molar-refractivity contribution in [1.29, 1.82) is 0 Å². The minimum atomic E-state index is -0.969. The topological polar surface area (TPSA) is 108 Å². The Labute approximate surface area is 150 Å². The van der Waals surface area contributed by atoms with Gasteiger partial charge in [-0.05, 0) is 25.3 Å². The number of carboxylic acids is 1.